The lowest BCUT2D eigenvalue weighted by atomic mass is 9.62. The number of nitrogens with one attached hydrogen (secondary N) is 2. The summed E-state index contributed by atoms with van der Waals surface area (Å²) >= 11 is 11.0. The number of thiocarbonyl (C=S) groups is 2. The molecule has 0 aromatic heterocycles. The second-order valence-electron chi connectivity index (χ2n) is 10.3. The topological polar surface area (TPSA) is 87.2 Å². The highest BCUT2D eigenvalue weighted by atomic mass is 32.1. The van der Waals surface area contributed by atoms with Gasteiger partial charge in [0.1, 0.15) is 11.4 Å². The summed E-state index contributed by atoms with van der Waals surface area (Å²) in [6.07, 6.45) is -8.49. The highest BCUT2D eigenvalue weighted by Crippen LogP contribution is 2.51. The summed E-state index contributed by atoms with van der Waals surface area (Å²) in [7, 11) is 0. The number of benzene rings is 3. The Labute approximate surface area is 258 Å². The van der Waals surface area contributed by atoms with Crippen LogP contribution in [0.4, 0.5) is 37.7 Å². The second-order valence-corrected chi connectivity index (χ2v) is 11.0. The van der Waals surface area contributed by atoms with E-state index < -0.39 is 40.1 Å². The number of halogens is 6. The van der Waals surface area contributed by atoms with Gasteiger partial charge in [-0.05, 0) is 91.7 Å². The number of nitrogens with zero attached hydrogens (tertiary/aromatic N) is 4. The molecule has 1 saturated heterocycles. The number of alkyl halides is 6. The van der Waals surface area contributed by atoms with Crippen LogP contribution in [0.1, 0.15) is 52.1 Å². The Morgan fingerprint density at radius 2 is 1.59 bits per heavy atom. The van der Waals surface area contributed by atoms with E-state index in [9.17, 15) is 31.6 Å². The number of aliphatic imine (C=N–C) groups is 1. The average molecular weight is 643 g/mol. The van der Waals surface area contributed by atoms with Gasteiger partial charge in [0.15, 0.2) is 10.2 Å². The van der Waals surface area contributed by atoms with Crippen molar-refractivity contribution in [2.45, 2.75) is 43.6 Å². The number of rotatable bonds is 3. The molecule has 14 heteroatoms. The molecule has 2 N–H and O–H groups in total. The first-order valence-corrected chi connectivity index (χ1v) is 13.8. The molecular formula is C30H20F6N6S2. The third kappa shape index (κ3) is 5.47. The van der Waals surface area contributed by atoms with Crippen LogP contribution in [0, 0.1) is 29.6 Å². The standard InChI is InChI=1S/C30H20F6N6S2/c1-16-4-2-3-5-21(16)22-10-11-28(22)25(40-26(43)39-19-8-6-17(14-37)23(12-19)29(31,32)33)42(27(44)41-28)20-9-7-18(15-38)24(13-20)30(34,35)36/h2-9,12-13,22H,10-11H2,1H3,(H,39,43)(H,41,44)/b40-25+. The Balaban J connectivity index is 1.62. The van der Waals surface area contributed by atoms with Crippen molar-refractivity contribution in [2.75, 3.05) is 10.2 Å². The largest absolute Gasteiger partial charge is 0.417 e. The first kappa shape index (κ1) is 30.9. The average Bonchev–Trinajstić information content (AvgIpc) is 3.25. The quantitative estimate of drug-likeness (QED) is 0.225. The molecule has 5 rings (SSSR count). The molecule has 0 bridgehead atoms. The Kier molecular flexibility index (Phi) is 7.86. The third-order valence-electron chi connectivity index (χ3n) is 7.72. The lowest BCUT2D eigenvalue weighted by Crippen LogP contribution is -2.59. The maximum atomic E-state index is 13.9. The van der Waals surface area contributed by atoms with E-state index in [1.807, 2.05) is 31.2 Å². The van der Waals surface area contributed by atoms with Gasteiger partial charge in [-0.3, -0.25) is 4.90 Å². The van der Waals surface area contributed by atoms with Crippen molar-refractivity contribution >= 4 is 51.9 Å². The Morgan fingerprint density at radius 3 is 2.16 bits per heavy atom. The van der Waals surface area contributed by atoms with Gasteiger partial charge in [0.05, 0.1) is 40.1 Å². The van der Waals surface area contributed by atoms with Crippen LogP contribution in [0.15, 0.2) is 65.7 Å². The molecule has 0 radical (unpaired) electrons. The van der Waals surface area contributed by atoms with Gasteiger partial charge in [0.2, 0.25) is 0 Å². The van der Waals surface area contributed by atoms with Gasteiger partial charge in [0.25, 0.3) is 0 Å². The fourth-order valence-corrected chi connectivity index (χ4v) is 6.16. The molecule has 1 aliphatic carbocycles. The third-order valence-corrected chi connectivity index (χ3v) is 8.20. The number of hydrogen-bond acceptors (Lipinski definition) is 4. The summed E-state index contributed by atoms with van der Waals surface area (Å²) in [6.45, 7) is 1.93. The zero-order valence-electron chi connectivity index (χ0n) is 22.6. The molecule has 1 aliphatic heterocycles. The molecular weight excluding hydrogens is 622 g/mol. The smallest absolute Gasteiger partial charge is 0.349 e. The zero-order chi connectivity index (χ0) is 32.0. The van der Waals surface area contributed by atoms with Crippen molar-refractivity contribution in [2.24, 2.45) is 4.99 Å². The summed E-state index contributed by atoms with van der Waals surface area (Å²) in [6, 6.07) is 16.8. The van der Waals surface area contributed by atoms with E-state index in [1.54, 1.807) is 6.07 Å². The molecule has 224 valence electrons. The van der Waals surface area contributed by atoms with Crippen molar-refractivity contribution in [1.82, 2.24) is 5.32 Å². The molecule has 2 aliphatic rings. The molecule has 1 saturated carbocycles. The second kappa shape index (κ2) is 11.2. The minimum Gasteiger partial charge on any atom is -0.349 e. The van der Waals surface area contributed by atoms with Crippen molar-refractivity contribution in [1.29, 1.82) is 10.5 Å². The number of aryl methyl sites for hydroxylation is 1. The maximum absolute atomic E-state index is 13.9. The van der Waals surface area contributed by atoms with Gasteiger partial charge in [-0.25, -0.2) is 4.99 Å². The number of hydrogen-bond donors (Lipinski definition) is 2. The number of amidine groups is 1. The minimum atomic E-state index is -4.84. The van der Waals surface area contributed by atoms with E-state index in [4.69, 9.17) is 29.7 Å². The Morgan fingerprint density at radius 1 is 0.977 bits per heavy atom. The van der Waals surface area contributed by atoms with E-state index in [0.29, 0.717) is 12.8 Å². The fourth-order valence-electron chi connectivity index (χ4n) is 5.59. The van der Waals surface area contributed by atoms with Gasteiger partial charge in [-0.15, -0.1) is 0 Å². The van der Waals surface area contributed by atoms with Crippen LogP contribution in [0.25, 0.3) is 0 Å². The first-order valence-electron chi connectivity index (χ1n) is 13.0. The molecule has 3 aromatic rings. The summed E-state index contributed by atoms with van der Waals surface area (Å²) in [5.74, 6) is -0.0672. The van der Waals surface area contributed by atoms with E-state index in [1.165, 1.54) is 23.1 Å². The summed E-state index contributed by atoms with van der Waals surface area (Å²) in [4.78, 5) is 5.86. The predicted molar refractivity (Wildman–Crippen MR) is 160 cm³/mol. The molecule has 0 amide bonds. The lowest BCUT2D eigenvalue weighted by Gasteiger charge is -2.47. The molecule has 1 heterocycles. The summed E-state index contributed by atoms with van der Waals surface area (Å²) in [5, 5.41) is 24.0. The molecule has 3 aromatic carbocycles. The normalized spacial score (nSPS) is 20.6. The van der Waals surface area contributed by atoms with Crippen LogP contribution < -0.4 is 15.5 Å². The molecule has 1 spiro atoms. The van der Waals surface area contributed by atoms with Gasteiger partial charge in [-0.2, -0.15) is 36.9 Å². The lowest BCUT2D eigenvalue weighted by molar-refractivity contribution is -0.138. The van der Waals surface area contributed by atoms with Gasteiger partial charge >= 0.3 is 12.4 Å². The Bertz CT molecular complexity index is 1800. The first-order chi connectivity index (χ1) is 20.7. The molecule has 44 heavy (non-hydrogen) atoms. The SMILES string of the molecule is Cc1ccccc1C1CCC12NC(=S)N(c1ccc(C#N)c(C(F)(F)F)c1)/C2=N/C(=S)Nc1ccc(C#N)c(C(F)(F)F)c1. The van der Waals surface area contributed by atoms with Crippen molar-refractivity contribution in [3.63, 3.8) is 0 Å². The summed E-state index contributed by atoms with van der Waals surface area (Å²) < 4.78 is 82.4. The maximum Gasteiger partial charge on any atom is 0.417 e. The van der Waals surface area contributed by atoms with Crippen LogP contribution in [0.2, 0.25) is 0 Å². The van der Waals surface area contributed by atoms with Crippen LogP contribution in [-0.2, 0) is 12.4 Å². The molecule has 2 fully saturated rings. The number of anilines is 2. The number of nitriles is 2. The van der Waals surface area contributed by atoms with Gasteiger partial charge in [0, 0.05) is 11.6 Å². The van der Waals surface area contributed by atoms with Crippen molar-refractivity contribution in [3.05, 3.63) is 94.0 Å². The fraction of sp³-hybridized carbons (Fsp3) is 0.233. The van der Waals surface area contributed by atoms with Crippen LogP contribution in [-0.4, -0.2) is 21.6 Å². The minimum absolute atomic E-state index is 0.0274. The van der Waals surface area contributed by atoms with E-state index >= 15 is 0 Å². The monoisotopic (exact) mass is 642 g/mol. The van der Waals surface area contributed by atoms with Crippen LogP contribution >= 0.6 is 24.4 Å². The van der Waals surface area contributed by atoms with E-state index in [2.05, 4.69) is 15.6 Å². The van der Waals surface area contributed by atoms with Crippen molar-refractivity contribution < 1.29 is 26.3 Å². The zero-order valence-corrected chi connectivity index (χ0v) is 24.3. The molecule has 2 unspecified atom stereocenters. The van der Waals surface area contributed by atoms with Gasteiger partial charge in [-0.1, -0.05) is 24.3 Å². The van der Waals surface area contributed by atoms with Crippen LogP contribution in [0.3, 0.4) is 0 Å². The highest BCUT2D eigenvalue weighted by molar-refractivity contribution is 7.81. The Hall–Kier alpha value is -4.53. The molecule has 2 atom stereocenters. The molecule has 6 nitrogen and oxygen atoms in total. The van der Waals surface area contributed by atoms with Gasteiger partial charge < -0.3 is 10.6 Å². The van der Waals surface area contributed by atoms with E-state index in [0.717, 1.165) is 35.4 Å². The van der Waals surface area contributed by atoms with Crippen LogP contribution in [0.5, 0.6) is 0 Å². The predicted octanol–water partition coefficient (Wildman–Crippen LogP) is 7.58. The highest BCUT2D eigenvalue weighted by Gasteiger charge is 2.59. The van der Waals surface area contributed by atoms with E-state index in [-0.39, 0.29) is 33.4 Å². The summed E-state index contributed by atoms with van der Waals surface area (Å²) in [5.41, 5.74) is -2.68. The van der Waals surface area contributed by atoms with Crippen molar-refractivity contribution in [3.8, 4) is 12.1 Å².